The Kier molecular flexibility index (Phi) is 13.2. The molecule has 0 aliphatic carbocycles. The van der Waals surface area contributed by atoms with E-state index in [1.54, 1.807) is 6.92 Å². The molecule has 0 spiro atoms. The van der Waals surface area contributed by atoms with E-state index in [0.717, 1.165) is 0 Å². The van der Waals surface area contributed by atoms with Gasteiger partial charge in [-0.3, -0.25) is 28.8 Å². The first kappa shape index (κ1) is 27.8. The summed E-state index contributed by atoms with van der Waals surface area (Å²) >= 11 is 0. The van der Waals surface area contributed by atoms with Gasteiger partial charge < -0.3 is 36.6 Å². The Labute approximate surface area is 178 Å². The number of amides is 3. The van der Waals surface area contributed by atoms with Gasteiger partial charge in [0.2, 0.25) is 17.7 Å². The Morgan fingerprint density at radius 3 is 1.81 bits per heavy atom. The minimum atomic E-state index is -1.22. The molecule has 0 radical (unpaired) electrons. The first-order valence-corrected chi connectivity index (χ1v) is 9.66. The Morgan fingerprint density at radius 2 is 1.29 bits per heavy atom. The highest BCUT2D eigenvalue weighted by Crippen LogP contribution is 2.02. The van der Waals surface area contributed by atoms with Crippen LogP contribution in [0.5, 0.6) is 0 Å². The molecule has 0 aromatic heterocycles. The Bertz CT molecular complexity index is 668. The summed E-state index contributed by atoms with van der Waals surface area (Å²) in [6, 6.07) is -2.61. The monoisotopic (exact) mass is 446 g/mol. The SMILES string of the molecule is CN[C@@H](CCC(=O)N[C@@H](CCC(=O)O)C(=O)NCC(=O)N[C@H](C)CCC(=O)O)C(=O)O. The first-order chi connectivity index (χ1) is 14.5. The molecule has 0 saturated heterocycles. The maximum Gasteiger partial charge on any atom is 0.320 e. The average molecular weight is 446 g/mol. The number of rotatable bonds is 16. The normalized spacial score (nSPS) is 13.4. The third kappa shape index (κ3) is 13.6. The molecule has 0 aromatic carbocycles. The van der Waals surface area contributed by atoms with Crippen LogP contribution in [0.4, 0.5) is 0 Å². The van der Waals surface area contributed by atoms with E-state index >= 15 is 0 Å². The number of carboxylic acid groups (broad SMARTS) is 3. The molecule has 7 N–H and O–H groups in total. The van der Waals surface area contributed by atoms with E-state index in [1.165, 1.54) is 7.05 Å². The molecule has 0 aromatic rings. The van der Waals surface area contributed by atoms with Gasteiger partial charge in [0, 0.05) is 25.3 Å². The van der Waals surface area contributed by atoms with E-state index in [9.17, 15) is 28.8 Å². The number of nitrogens with one attached hydrogen (secondary N) is 4. The fraction of sp³-hybridized carbons (Fsp3) is 0.667. The van der Waals surface area contributed by atoms with Crippen LogP contribution < -0.4 is 21.3 Å². The van der Waals surface area contributed by atoms with Crippen molar-refractivity contribution >= 4 is 35.6 Å². The maximum absolute atomic E-state index is 12.3. The molecule has 0 saturated carbocycles. The zero-order valence-electron chi connectivity index (χ0n) is 17.5. The number of carbonyl (C=O) groups excluding carboxylic acids is 3. The molecule has 3 amide bonds. The van der Waals surface area contributed by atoms with Crippen molar-refractivity contribution in [2.24, 2.45) is 0 Å². The summed E-state index contributed by atoms with van der Waals surface area (Å²) in [6.45, 7) is 1.16. The van der Waals surface area contributed by atoms with Crippen molar-refractivity contribution < 1.29 is 44.1 Å². The van der Waals surface area contributed by atoms with Crippen LogP contribution >= 0.6 is 0 Å². The fourth-order valence-electron chi connectivity index (χ4n) is 2.50. The minimum Gasteiger partial charge on any atom is -0.481 e. The van der Waals surface area contributed by atoms with Gasteiger partial charge in [0.15, 0.2) is 0 Å². The van der Waals surface area contributed by atoms with Crippen LogP contribution in [0.15, 0.2) is 0 Å². The van der Waals surface area contributed by atoms with Crippen molar-refractivity contribution in [2.75, 3.05) is 13.6 Å². The molecule has 0 unspecified atom stereocenters. The van der Waals surface area contributed by atoms with Gasteiger partial charge in [-0.2, -0.15) is 0 Å². The molecule has 0 bridgehead atoms. The van der Waals surface area contributed by atoms with Crippen molar-refractivity contribution in [3.8, 4) is 0 Å². The molecule has 31 heavy (non-hydrogen) atoms. The van der Waals surface area contributed by atoms with E-state index < -0.39 is 66.7 Å². The molecule has 13 nitrogen and oxygen atoms in total. The zero-order chi connectivity index (χ0) is 24.0. The van der Waals surface area contributed by atoms with Crippen LogP contribution in [0.2, 0.25) is 0 Å². The second kappa shape index (κ2) is 14.7. The summed E-state index contributed by atoms with van der Waals surface area (Å²) in [5.74, 6) is -5.31. The van der Waals surface area contributed by atoms with Crippen molar-refractivity contribution in [3.05, 3.63) is 0 Å². The summed E-state index contributed by atoms with van der Waals surface area (Å²) in [7, 11) is 1.42. The van der Waals surface area contributed by atoms with Crippen molar-refractivity contribution in [3.63, 3.8) is 0 Å². The van der Waals surface area contributed by atoms with Gasteiger partial charge in [-0.15, -0.1) is 0 Å². The standard InChI is InChI=1S/C18H30N4O9/c1-10(3-7-15(25)26)21-14(24)9-20-17(29)11(5-8-16(27)28)22-13(23)6-4-12(19-2)18(30)31/h10-12,19H,3-9H2,1-2H3,(H,20,29)(H,21,24)(H,22,23)(H,25,26)(H,27,28)(H,30,31)/t10-,11+,12+/m1/s1. The van der Waals surface area contributed by atoms with Gasteiger partial charge in [-0.25, -0.2) is 0 Å². The second-order valence-electron chi connectivity index (χ2n) is 6.89. The number of likely N-dealkylation sites (N-methyl/N-ethyl adjacent to an activating group) is 1. The molecule has 0 heterocycles. The summed E-state index contributed by atoms with van der Waals surface area (Å²) in [5, 5.41) is 36.1. The van der Waals surface area contributed by atoms with Gasteiger partial charge >= 0.3 is 17.9 Å². The van der Waals surface area contributed by atoms with Crippen LogP contribution in [0.3, 0.4) is 0 Å². The number of aliphatic carboxylic acids is 3. The molecule has 0 aliphatic rings. The second-order valence-corrected chi connectivity index (χ2v) is 6.89. The van der Waals surface area contributed by atoms with Crippen LogP contribution in [-0.2, 0) is 28.8 Å². The third-order valence-corrected chi connectivity index (χ3v) is 4.23. The molecular formula is C18H30N4O9. The van der Waals surface area contributed by atoms with E-state index in [2.05, 4.69) is 21.3 Å². The number of hydrogen-bond donors (Lipinski definition) is 7. The van der Waals surface area contributed by atoms with E-state index in [0.29, 0.717) is 0 Å². The van der Waals surface area contributed by atoms with Gasteiger partial charge in [0.05, 0.1) is 6.54 Å². The smallest absolute Gasteiger partial charge is 0.320 e. The van der Waals surface area contributed by atoms with Crippen LogP contribution in [-0.4, -0.2) is 82.7 Å². The molecule has 3 atom stereocenters. The number of hydrogen-bond acceptors (Lipinski definition) is 7. The van der Waals surface area contributed by atoms with E-state index in [-0.39, 0.29) is 32.1 Å². The average Bonchev–Trinajstić information content (AvgIpc) is 2.67. The highest BCUT2D eigenvalue weighted by atomic mass is 16.4. The number of carboxylic acids is 3. The lowest BCUT2D eigenvalue weighted by Gasteiger charge is -2.19. The summed E-state index contributed by atoms with van der Waals surface area (Å²) in [6.07, 6.45) is -0.815. The highest BCUT2D eigenvalue weighted by molar-refractivity contribution is 5.91. The molecule has 0 fully saturated rings. The van der Waals surface area contributed by atoms with Crippen molar-refractivity contribution in [2.45, 2.75) is 63.6 Å². The van der Waals surface area contributed by atoms with Crippen LogP contribution in [0.25, 0.3) is 0 Å². The molecule has 13 heteroatoms. The lowest BCUT2D eigenvalue weighted by Crippen LogP contribution is -2.50. The molecule has 0 rings (SSSR count). The predicted molar refractivity (Wildman–Crippen MR) is 106 cm³/mol. The van der Waals surface area contributed by atoms with Crippen molar-refractivity contribution in [1.82, 2.24) is 21.3 Å². The zero-order valence-corrected chi connectivity index (χ0v) is 17.5. The predicted octanol–water partition coefficient (Wildman–Crippen LogP) is -1.73. The van der Waals surface area contributed by atoms with Gasteiger partial charge in [0.25, 0.3) is 0 Å². The van der Waals surface area contributed by atoms with Gasteiger partial charge in [-0.05, 0) is 33.2 Å². The number of carbonyl (C=O) groups is 6. The van der Waals surface area contributed by atoms with Gasteiger partial charge in [-0.1, -0.05) is 0 Å². The quantitative estimate of drug-likeness (QED) is 0.142. The van der Waals surface area contributed by atoms with Crippen molar-refractivity contribution in [1.29, 1.82) is 0 Å². The summed E-state index contributed by atoms with van der Waals surface area (Å²) in [4.78, 5) is 68.6. The Balaban J connectivity index is 4.70. The Morgan fingerprint density at radius 1 is 0.742 bits per heavy atom. The third-order valence-electron chi connectivity index (χ3n) is 4.23. The maximum atomic E-state index is 12.3. The topological polar surface area (TPSA) is 211 Å². The fourth-order valence-corrected chi connectivity index (χ4v) is 2.50. The molecular weight excluding hydrogens is 416 g/mol. The van der Waals surface area contributed by atoms with E-state index in [1.807, 2.05) is 0 Å². The minimum absolute atomic E-state index is 0.0401. The van der Waals surface area contributed by atoms with E-state index in [4.69, 9.17) is 15.3 Å². The summed E-state index contributed by atoms with van der Waals surface area (Å²) < 4.78 is 0. The van der Waals surface area contributed by atoms with Crippen LogP contribution in [0, 0.1) is 0 Å². The van der Waals surface area contributed by atoms with Crippen LogP contribution in [0.1, 0.15) is 45.4 Å². The lowest BCUT2D eigenvalue weighted by atomic mass is 10.1. The summed E-state index contributed by atoms with van der Waals surface area (Å²) in [5.41, 5.74) is 0. The Hall–Kier alpha value is -3.22. The molecule has 0 aliphatic heterocycles. The highest BCUT2D eigenvalue weighted by Gasteiger charge is 2.24. The largest absolute Gasteiger partial charge is 0.481 e. The lowest BCUT2D eigenvalue weighted by molar-refractivity contribution is -0.140. The van der Waals surface area contributed by atoms with Gasteiger partial charge in [0.1, 0.15) is 12.1 Å². The molecule has 176 valence electrons. The first-order valence-electron chi connectivity index (χ1n) is 9.66.